The molecule has 0 aliphatic rings. The van der Waals surface area contributed by atoms with Gasteiger partial charge in [-0.05, 0) is 30.3 Å². The van der Waals surface area contributed by atoms with Gasteiger partial charge in [0.2, 0.25) is 5.91 Å². The van der Waals surface area contributed by atoms with Crippen LogP contribution in [0.4, 0.5) is 0 Å². The first-order chi connectivity index (χ1) is 12.7. The van der Waals surface area contributed by atoms with E-state index in [-0.39, 0.29) is 5.91 Å². The Morgan fingerprint density at radius 2 is 2.04 bits per heavy atom. The molecule has 0 atom stereocenters. The number of benzene rings is 2. The van der Waals surface area contributed by atoms with Gasteiger partial charge >= 0.3 is 0 Å². The van der Waals surface area contributed by atoms with Gasteiger partial charge in [-0.2, -0.15) is 0 Å². The SMILES string of the molecule is COc1ccc(OC)c(CNC(=O)CSCc2nc3ccccc3s2)c1. The molecule has 5 nitrogen and oxygen atoms in total. The molecule has 136 valence electrons. The van der Waals surface area contributed by atoms with Crippen molar-refractivity contribution >= 4 is 39.2 Å². The van der Waals surface area contributed by atoms with Gasteiger partial charge in [0.05, 0.1) is 30.2 Å². The molecular weight excluding hydrogens is 368 g/mol. The minimum atomic E-state index is -0.0130. The first-order valence-corrected chi connectivity index (χ1v) is 10.1. The molecule has 0 radical (unpaired) electrons. The number of aromatic nitrogens is 1. The van der Waals surface area contributed by atoms with Crippen LogP contribution in [0, 0.1) is 0 Å². The van der Waals surface area contributed by atoms with Crippen molar-refractivity contribution in [2.75, 3.05) is 20.0 Å². The number of nitrogens with zero attached hydrogens (tertiary/aromatic N) is 1. The maximum absolute atomic E-state index is 12.1. The number of carbonyl (C=O) groups is 1. The molecule has 0 saturated heterocycles. The Labute approximate surface area is 160 Å². The molecule has 3 rings (SSSR count). The minimum Gasteiger partial charge on any atom is -0.497 e. The summed E-state index contributed by atoms with van der Waals surface area (Å²) in [5.74, 6) is 2.58. The highest BCUT2D eigenvalue weighted by atomic mass is 32.2. The van der Waals surface area contributed by atoms with Crippen molar-refractivity contribution in [3.63, 3.8) is 0 Å². The van der Waals surface area contributed by atoms with E-state index >= 15 is 0 Å². The van der Waals surface area contributed by atoms with E-state index in [9.17, 15) is 4.79 Å². The van der Waals surface area contributed by atoms with Crippen LogP contribution in [0.1, 0.15) is 10.6 Å². The van der Waals surface area contributed by atoms with Gasteiger partial charge in [-0.1, -0.05) is 12.1 Å². The normalized spacial score (nSPS) is 10.7. The highest BCUT2D eigenvalue weighted by Gasteiger charge is 2.09. The summed E-state index contributed by atoms with van der Waals surface area (Å²) in [4.78, 5) is 16.7. The van der Waals surface area contributed by atoms with Crippen molar-refractivity contribution in [3.05, 3.63) is 53.0 Å². The van der Waals surface area contributed by atoms with Gasteiger partial charge < -0.3 is 14.8 Å². The monoisotopic (exact) mass is 388 g/mol. The molecule has 0 saturated carbocycles. The second-order valence-corrected chi connectivity index (χ2v) is 7.62. The topological polar surface area (TPSA) is 60.5 Å². The number of amides is 1. The second kappa shape index (κ2) is 8.91. The zero-order chi connectivity index (χ0) is 18.4. The fourth-order valence-corrected chi connectivity index (χ4v) is 4.35. The summed E-state index contributed by atoms with van der Waals surface area (Å²) in [6.07, 6.45) is 0. The minimum absolute atomic E-state index is 0.0130. The van der Waals surface area contributed by atoms with Gasteiger partial charge in [-0.3, -0.25) is 4.79 Å². The lowest BCUT2D eigenvalue weighted by Crippen LogP contribution is -2.24. The van der Waals surface area contributed by atoms with E-state index in [1.807, 2.05) is 36.4 Å². The van der Waals surface area contributed by atoms with E-state index in [0.717, 1.165) is 33.3 Å². The molecule has 2 aromatic carbocycles. The van der Waals surface area contributed by atoms with Crippen LogP contribution < -0.4 is 14.8 Å². The number of fused-ring (bicyclic) bond motifs is 1. The number of thiazole rings is 1. The maximum Gasteiger partial charge on any atom is 0.230 e. The number of ether oxygens (including phenoxy) is 2. The standard InChI is InChI=1S/C19H20N2O3S2/c1-23-14-7-8-16(24-2)13(9-14)10-20-18(22)11-25-12-19-21-15-5-3-4-6-17(15)26-19/h3-9H,10-12H2,1-2H3,(H,20,22). The van der Waals surface area contributed by atoms with E-state index < -0.39 is 0 Å². The van der Waals surface area contributed by atoms with Gasteiger partial charge in [-0.25, -0.2) is 4.98 Å². The van der Waals surface area contributed by atoms with Crippen LogP contribution in [0.15, 0.2) is 42.5 Å². The predicted octanol–water partition coefficient (Wildman–Crippen LogP) is 3.86. The van der Waals surface area contributed by atoms with Crippen LogP contribution in [0.3, 0.4) is 0 Å². The fourth-order valence-electron chi connectivity index (χ4n) is 2.48. The van der Waals surface area contributed by atoms with E-state index in [1.165, 1.54) is 4.70 Å². The molecule has 0 spiro atoms. The van der Waals surface area contributed by atoms with E-state index in [0.29, 0.717) is 12.3 Å². The summed E-state index contributed by atoms with van der Waals surface area (Å²) in [5, 5.41) is 3.97. The molecule has 0 aliphatic carbocycles. The summed E-state index contributed by atoms with van der Waals surface area (Å²) >= 11 is 3.24. The molecule has 0 bridgehead atoms. The first kappa shape index (κ1) is 18.5. The average Bonchev–Trinajstić information content (AvgIpc) is 3.08. The van der Waals surface area contributed by atoms with Crippen LogP contribution in [-0.2, 0) is 17.1 Å². The molecule has 0 aliphatic heterocycles. The molecule has 0 fully saturated rings. The third-order valence-electron chi connectivity index (χ3n) is 3.76. The molecular formula is C19H20N2O3S2. The molecule has 3 aromatic rings. The smallest absolute Gasteiger partial charge is 0.230 e. The number of nitrogens with one attached hydrogen (secondary N) is 1. The third-order valence-corrected chi connectivity index (χ3v) is 5.92. The van der Waals surface area contributed by atoms with Gasteiger partial charge in [0.15, 0.2) is 0 Å². The molecule has 26 heavy (non-hydrogen) atoms. The van der Waals surface area contributed by atoms with Crippen molar-refractivity contribution in [1.29, 1.82) is 0 Å². The lowest BCUT2D eigenvalue weighted by Gasteiger charge is -2.11. The summed E-state index contributed by atoms with van der Waals surface area (Å²) in [5.41, 5.74) is 1.90. The highest BCUT2D eigenvalue weighted by molar-refractivity contribution is 7.99. The molecule has 1 heterocycles. The number of rotatable bonds is 8. The number of hydrogen-bond acceptors (Lipinski definition) is 6. The van der Waals surface area contributed by atoms with Gasteiger partial charge in [0, 0.05) is 17.9 Å². The van der Waals surface area contributed by atoms with E-state index in [1.54, 1.807) is 37.3 Å². The Morgan fingerprint density at radius 1 is 1.19 bits per heavy atom. The fraction of sp³-hybridized carbons (Fsp3) is 0.263. The van der Waals surface area contributed by atoms with Crippen LogP contribution >= 0.6 is 23.1 Å². The molecule has 0 unspecified atom stereocenters. The number of methoxy groups -OCH3 is 2. The van der Waals surface area contributed by atoms with Crippen LogP contribution in [-0.4, -0.2) is 30.9 Å². The molecule has 1 amide bonds. The Bertz CT molecular complexity index is 862. The summed E-state index contributed by atoms with van der Waals surface area (Å²) in [7, 11) is 3.23. The Kier molecular flexibility index (Phi) is 6.35. The number of hydrogen-bond donors (Lipinski definition) is 1. The zero-order valence-corrected chi connectivity index (χ0v) is 16.3. The quantitative estimate of drug-likeness (QED) is 0.635. The lowest BCUT2D eigenvalue weighted by atomic mass is 10.2. The Morgan fingerprint density at radius 3 is 2.81 bits per heavy atom. The summed E-state index contributed by atoms with van der Waals surface area (Å²) in [6.45, 7) is 0.404. The first-order valence-electron chi connectivity index (χ1n) is 8.09. The predicted molar refractivity (Wildman–Crippen MR) is 107 cm³/mol. The van der Waals surface area contributed by atoms with E-state index in [2.05, 4.69) is 16.4 Å². The number of thioether (sulfide) groups is 1. The van der Waals surface area contributed by atoms with Crippen LogP contribution in [0.2, 0.25) is 0 Å². The highest BCUT2D eigenvalue weighted by Crippen LogP contribution is 2.25. The van der Waals surface area contributed by atoms with Crippen molar-refractivity contribution in [2.45, 2.75) is 12.3 Å². The number of para-hydroxylation sites is 1. The molecule has 1 N–H and O–H groups in total. The van der Waals surface area contributed by atoms with Crippen molar-refractivity contribution in [2.24, 2.45) is 0 Å². The summed E-state index contributed by atoms with van der Waals surface area (Å²) < 4.78 is 11.7. The third kappa shape index (κ3) is 4.68. The average molecular weight is 389 g/mol. The van der Waals surface area contributed by atoms with Crippen LogP contribution in [0.25, 0.3) is 10.2 Å². The van der Waals surface area contributed by atoms with Gasteiger partial charge in [-0.15, -0.1) is 23.1 Å². The van der Waals surface area contributed by atoms with Crippen molar-refractivity contribution < 1.29 is 14.3 Å². The van der Waals surface area contributed by atoms with Gasteiger partial charge in [0.1, 0.15) is 16.5 Å². The zero-order valence-electron chi connectivity index (χ0n) is 14.7. The molecule has 7 heteroatoms. The van der Waals surface area contributed by atoms with Crippen molar-refractivity contribution in [1.82, 2.24) is 10.3 Å². The van der Waals surface area contributed by atoms with Crippen molar-refractivity contribution in [3.8, 4) is 11.5 Å². The number of carbonyl (C=O) groups excluding carboxylic acids is 1. The van der Waals surface area contributed by atoms with Crippen LogP contribution in [0.5, 0.6) is 11.5 Å². The largest absolute Gasteiger partial charge is 0.497 e. The lowest BCUT2D eigenvalue weighted by molar-refractivity contribution is -0.118. The second-order valence-electron chi connectivity index (χ2n) is 5.52. The van der Waals surface area contributed by atoms with Gasteiger partial charge in [0.25, 0.3) is 0 Å². The maximum atomic E-state index is 12.1. The Balaban J connectivity index is 1.48. The Hall–Kier alpha value is -2.25. The molecule has 1 aromatic heterocycles. The summed E-state index contributed by atoms with van der Waals surface area (Å²) in [6, 6.07) is 13.6. The van der Waals surface area contributed by atoms with E-state index in [4.69, 9.17) is 9.47 Å².